The molecular formula is C18H18F3NO2. The second kappa shape index (κ2) is 7.38. The van der Waals surface area contributed by atoms with Crippen LogP contribution in [0.5, 0.6) is 5.75 Å². The van der Waals surface area contributed by atoms with E-state index in [1.807, 2.05) is 0 Å². The van der Waals surface area contributed by atoms with Crippen molar-refractivity contribution in [3.05, 3.63) is 65.7 Å². The van der Waals surface area contributed by atoms with Crippen molar-refractivity contribution in [1.82, 2.24) is 4.90 Å². The van der Waals surface area contributed by atoms with Gasteiger partial charge in [-0.1, -0.05) is 42.5 Å². The molecule has 0 saturated carbocycles. The average Bonchev–Trinajstić information content (AvgIpc) is 2.52. The van der Waals surface area contributed by atoms with Gasteiger partial charge in [-0.3, -0.25) is 4.79 Å². The van der Waals surface area contributed by atoms with Gasteiger partial charge in [-0.05, 0) is 23.3 Å². The Morgan fingerprint density at radius 2 is 1.79 bits per heavy atom. The summed E-state index contributed by atoms with van der Waals surface area (Å²) < 4.78 is 39.9. The number of amides is 1. The molecule has 1 atom stereocenters. The zero-order valence-electron chi connectivity index (χ0n) is 13.1. The molecule has 0 aliphatic carbocycles. The Balaban J connectivity index is 2.10. The monoisotopic (exact) mass is 337 g/mol. The van der Waals surface area contributed by atoms with Gasteiger partial charge in [0.15, 0.2) is 0 Å². The minimum atomic E-state index is -4.50. The van der Waals surface area contributed by atoms with Crippen LogP contribution in [-0.2, 0) is 11.3 Å². The lowest BCUT2D eigenvalue weighted by Gasteiger charge is -2.24. The predicted molar refractivity (Wildman–Crippen MR) is 84.4 cm³/mol. The summed E-state index contributed by atoms with van der Waals surface area (Å²) in [5.74, 6) is -2.40. The lowest BCUT2D eigenvalue weighted by Crippen LogP contribution is -2.31. The maximum Gasteiger partial charge on any atom is 0.396 e. The molecule has 24 heavy (non-hydrogen) atoms. The molecule has 2 aromatic carbocycles. The fraction of sp³-hybridized carbons (Fsp3) is 0.278. The third-order valence-electron chi connectivity index (χ3n) is 3.73. The number of alkyl halides is 3. The Morgan fingerprint density at radius 3 is 2.38 bits per heavy atom. The molecule has 0 saturated heterocycles. The first-order valence-corrected chi connectivity index (χ1v) is 7.41. The summed E-state index contributed by atoms with van der Waals surface area (Å²) >= 11 is 0. The first-order chi connectivity index (χ1) is 11.3. The molecule has 0 bridgehead atoms. The summed E-state index contributed by atoms with van der Waals surface area (Å²) in [6.07, 6.45) is -5.15. The fourth-order valence-electron chi connectivity index (χ4n) is 2.46. The third kappa shape index (κ3) is 4.75. The summed E-state index contributed by atoms with van der Waals surface area (Å²) in [7, 11) is 1.45. The lowest BCUT2D eigenvalue weighted by molar-refractivity contribution is -0.160. The van der Waals surface area contributed by atoms with Crippen LogP contribution in [0, 0.1) is 0 Å². The molecule has 2 rings (SSSR count). The highest BCUT2D eigenvalue weighted by atomic mass is 19.4. The van der Waals surface area contributed by atoms with Gasteiger partial charge in [-0.15, -0.1) is 0 Å². The van der Waals surface area contributed by atoms with E-state index in [4.69, 9.17) is 0 Å². The quantitative estimate of drug-likeness (QED) is 0.893. The third-order valence-corrected chi connectivity index (χ3v) is 3.73. The molecule has 3 nitrogen and oxygen atoms in total. The zero-order chi connectivity index (χ0) is 17.7. The van der Waals surface area contributed by atoms with Crippen molar-refractivity contribution in [3.8, 4) is 5.75 Å². The van der Waals surface area contributed by atoms with Gasteiger partial charge in [0.2, 0.25) is 5.91 Å². The molecule has 1 amide bonds. The molecule has 0 unspecified atom stereocenters. The van der Waals surface area contributed by atoms with Crippen LogP contribution >= 0.6 is 0 Å². The van der Waals surface area contributed by atoms with Gasteiger partial charge < -0.3 is 10.0 Å². The van der Waals surface area contributed by atoms with E-state index < -0.39 is 24.4 Å². The number of phenolic OH excluding ortho intramolecular Hbond substituents is 1. The van der Waals surface area contributed by atoms with Gasteiger partial charge in [0.1, 0.15) is 5.75 Å². The van der Waals surface area contributed by atoms with Crippen molar-refractivity contribution in [2.24, 2.45) is 0 Å². The van der Waals surface area contributed by atoms with E-state index in [1.165, 1.54) is 48.3 Å². The minimum Gasteiger partial charge on any atom is -0.508 e. The number of phenols is 1. The number of halogens is 3. The molecule has 0 spiro atoms. The van der Waals surface area contributed by atoms with Crippen LogP contribution in [0.4, 0.5) is 13.2 Å². The van der Waals surface area contributed by atoms with Crippen molar-refractivity contribution >= 4 is 5.91 Å². The lowest BCUT2D eigenvalue weighted by atomic mass is 9.94. The zero-order valence-corrected chi connectivity index (χ0v) is 13.1. The van der Waals surface area contributed by atoms with E-state index in [-0.39, 0.29) is 17.9 Å². The van der Waals surface area contributed by atoms with E-state index in [0.717, 1.165) is 0 Å². The molecule has 1 N–H and O–H groups in total. The topological polar surface area (TPSA) is 40.5 Å². The van der Waals surface area contributed by atoms with E-state index in [0.29, 0.717) is 5.56 Å². The molecule has 0 aliphatic heterocycles. The number of aromatic hydroxyl groups is 1. The standard InChI is InChI=1S/C18H18F3NO2/c1-22(12-13-6-5-9-15(23)10-13)17(24)11-16(18(19,20)21)14-7-3-2-4-8-14/h2-10,16,23H,11-12H2,1H3/t16-/m0/s1. The van der Waals surface area contributed by atoms with Gasteiger partial charge >= 0.3 is 6.18 Å². The molecule has 6 heteroatoms. The second-order valence-electron chi connectivity index (χ2n) is 5.63. The van der Waals surface area contributed by atoms with Crippen molar-refractivity contribution in [3.63, 3.8) is 0 Å². The van der Waals surface area contributed by atoms with E-state index in [1.54, 1.807) is 18.2 Å². The van der Waals surface area contributed by atoms with Crippen LogP contribution in [0.25, 0.3) is 0 Å². The van der Waals surface area contributed by atoms with Gasteiger partial charge in [-0.25, -0.2) is 0 Å². The highest BCUT2D eigenvalue weighted by Crippen LogP contribution is 2.37. The molecule has 2 aromatic rings. The Bertz CT molecular complexity index is 686. The molecule has 0 aromatic heterocycles. The Kier molecular flexibility index (Phi) is 5.49. The molecular weight excluding hydrogens is 319 g/mol. The smallest absolute Gasteiger partial charge is 0.396 e. The number of nitrogens with zero attached hydrogens (tertiary/aromatic N) is 1. The maximum absolute atomic E-state index is 13.3. The Hall–Kier alpha value is -2.50. The summed E-state index contributed by atoms with van der Waals surface area (Å²) in [6, 6.07) is 13.7. The van der Waals surface area contributed by atoms with Crippen molar-refractivity contribution in [2.75, 3.05) is 7.05 Å². The van der Waals surface area contributed by atoms with Gasteiger partial charge in [0.25, 0.3) is 0 Å². The number of benzene rings is 2. The van der Waals surface area contributed by atoms with Crippen LogP contribution < -0.4 is 0 Å². The first kappa shape index (κ1) is 17.8. The molecule has 0 radical (unpaired) electrons. The van der Waals surface area contributed by atoms with E-state index in [2.05, 4.69) is 0 Å². The van der Waals surface area contributed by atoms with E-state index >= 15 is 0 Å². The number of carbonyl (C=O) groups is 1. The van der Waals surface area contributed by atoms with Gasteiger partial charge in [0, 0.05) is 20.0 Å². The van der Waals surface area contributed by atoms with Gasteiger partial charge in [0.05, 0.1) is 5.92 Å². The summed E-state index contributed by atoms with van der Waals surface area (Å²) in [4.78, 5) is 13.5. The maximum atomic E-state index is 13.3. The summed E-state index contributed by atoms with van der Waals surface area (Å²) in [5.41, 5.74) is 0.721. The van der Waals surface area contributed by atoms with Crippen molar-refractivity contribution in [2.45, 2.75) is 25.1 Å². The molecule has 0 fully saturated rings. The Labute approximate surface area is 138 Å². The largest absolute Gasteiger partial charge is 0.508 e. The normalized spacial score (nSPS) is 12.7. The van der Waals surface area contributed by atoms with Crippen molar-refractivity contribution in [1.29, 1.82) is 0 Å². The fourth-order valence-corrected chi connectivity index (χ4v) is 2.46. The minimum absolute atomic E-state index is 0.0470. The van der Waals surface area contributed by atoms with Crippen LogP contribution in [0.1, 0.15) is 23.5 Å². The number of hydrogen-bond donors (Lipinski definition) is 1. The number of carbonyl (C=O) groups excluding carboxylic acids is 1. The summed E-state index contributed by atoms with van der Waals surface area (Å²) in [5, 5.41) is 9.41. The second-order valence-corrected chi connectivity index (χ2v) is 5.63. The Morgan fingerprint density at radius 1 is 1.12 bits per heavy atom. The molecule has 0 heterocycles. The predicted octanol–water partition coefficient (Wildman–Crippen LogP) is 4.09. The average molecular weight is 337 g/mol. The van der Waals surface area contributed by atoms with Crippen LogP contribution in [0.15, 0.2) is 54.6 Å². The number of hydrogen-bond acceptors (Lipinski definition) is 2. The van der Waals surface area contributed by atoms with Crippen molar-refractivity contribution < 1.29 is 23.1 Å². The number of rotatable bonds is 5. The SMILES string of the molecule is CN(Cc1cccc(O)c1)C(=O)C[C@@H](c1ccccc1)C(F)(F)F. The highest BCUT2D eigenvalue weighted by Gasteiger charge is 2.42. The van der Waals surface area contributed by atoms with Gasteiger partial charge in [-0.2, -0.15) is 13.2 Å². The van der Waals surface area contributed by atoms with E-state index in [9.17, 15) is 23.1 Å². The van der Waals surface area contributed by atoms with Crippen LogP contribution in [0.2, 0.25) is 0 Å². The highest BCUT2D eigenvalue weighted by molar-refractivity contribution is 5.77. The van der Waals surface area contributed by atoms with Crippen LogP contribution in [0.3, 0.4) is 0 Å². The summed E-state index contributed by atoms with van der Waals surface area (Å²) in [6.45, 7) is 0.132. The van der Waals surface area contributed by atoms with Crippen LogP contribution in [-0.4, -0.2) is 29.1 Å². The molecule has 0 aliphatic rings. The molecule has 128 valence electrons. The first-order valence-electron chi connectivity index (χ1n) is 7.41.